The van der Waals surface area contributed by atoms with Crippen molar-refractivity contribution in [3.8, 4) is 0 Å². The predicted molar refractivity (Wildman–Crippen MR) is 74.7 cm³/mol. The smallest absolute Gasteiger partial charge is 0.00313 e. The molecule has 0 aromatic carbocycles. The zero-order chi connectivity index (χ0) is 11.2. The quantitative estimate of drug-likeness (QED) is 0.275. The lowest BCUT2D eigenvalue weighted by molar-refractivity contribution is 0.679. The lowest BCUT2D eigenvalue weighted by Crippen LogP contribution is -1.77. The second-order valence-corrected chi connectivity index (χ2v) is 4.68. The fourth-order valence-corrected chi connectivity index (χ4v) is 1.78. The van der Waals surface area contributed by atoms with E-state index in [1.807, 2.05) is 0 Å². The van der Waals surface area contributed by atoms with Crippen molar-refractivity contribution >= 4 is 15.9 Å². The molecule has 0 radical (unpaired) electrons. The van der Waals surface area contributed by atoms with E-state index in [0.29, 0.717) is 0 Å². The molecule has 0 N–H and O–H groups in total. The van der Waals surface area contributed by atoms with Gasteiger partial charge in [-0.2, -0.15) is 0 Å². The Morgan fingerprint density at radius 2 is 1.40 bits per heavy atom. The van der Waals surface area contributed by atoms with Crippen LogP contribution in [0.4, 0.5) is 0 Å². The number of unbranched alkanes of at least 4 members (excludes halogenated alkanes) is 6. The standard InChI is InChI=1S/C14H25Br/c1-2-3-4-5-6-7-8-9-10-11-12-13-14-15/h5-8H,2-4,9-14H2,1H3/b6-5-,8-7+. The molecule has 0 aliphatic rings. The minimum Gasteiger partial charge on any atom is -0.0928 e. The van der Waals surface area contributed by atoms with Crippen molar-refractivity contribution in [3.05, 3.63) is 24.3 Å². The first kappa shape index (κ1) is 15.0. The average molecular weight is 273 g/mol. The first-order valence-corrected chi connectivity index (χ1v) is 7.41. The zero-order valence-electron chi connectivity index (χ0n) is 10.1. The van der Waals surface area contributed by atoms with Crippen molar-refractivity contribution in [1.82, 2.24) is 0 Å². The lowest BCUT2D eigenvalue weighted by atomic mass is 10.1. The van der Waals surface area contributed by atoms with Crippen LogP contribution in [-0.2, 0) is 0 Å². The molecule has 0 aromatic heterocycles. The fourth-order valence-electron chi connectivity index (χ4n) is 1.38. The van der Waals surface area contributed by atoms with Gasteiger partial charge < -0.3 is 0 Å². The normalized spacial score (nSPS) is 11.9. The van der Waals surface area contributed by atoms with Crippen molar-refractivity contribution in [2.75, 3.05) is 5.33 Å². The molecule has 0 bridgehead atoms. The summed E-state index contributed by atoms with van der Waals surface area (Å²) in [6.07, 6.45) is 19.4. The highest BCUT2D eigenvalue weighted by molar-refractivity contribution is 9.09. The van der Waals surface area contributed by atoms with Gasteiger partial charge in [0, 0.05) is 5.33 Å². The Bertz CT molecular complexity index is 159. The first-order valence-electron chi connectivity index (χ1n) is 6.29. The minimum absolute atomic E-state index is 1.16. The number of hydrogen-bond acceptors (Lipinski definition) is 0. The topological polar surface area (TPSA) is 0 Å². The van der Waals surface area contributed by atoms with Gasteiger partial charge in [0.25, 0.3) is 0 Å². The van der Waals surface area contributed by atoms with E-state index in [1.54, 1.807) is 0 Å². The summed E-state index contributed by atoms with van der Waals surface area (Å²) < 4.78 is 0. The van der Waals surface area contributed by atoms with Crippen LogP contribution in [0.2, 0.25) is 0 Å². The Balaban J connectivity index is 3.13. The Morgan fingerprint density at radius 1 is 0.800 bits per heavy atom. The van der Waals surface area contributed by atoms with E-state index in [-0.39, 0.29) is 0 Å². The molecule has 0 aliphatic carbocycles. The second-order valence-electron chi connectivity index (χ2n) is 3.89. The van der Waals surface area contributed by atoms with Gasteiger partial charge >= 0.3 is 0 Å². The van der Waals surface area contributed by atoms with Crippen LogP contribution in [0, 0.1) is 0 Å². The van der Waals surface area contributed by atoms with E-state index in [2.05, 4.69) is 47.2 Å². The van der Waals surface area contributed by atoms with Crippen molar-refractivity contribution in [1.29, 1.82) is 0 Å². The van der Waals surface area contributed by atoms with Crippen molar-refractivity contribution in [2.45, 2.75) is 58.3 Å². The summed E-state index contributed by atoms with van der Waals surface area (Å²) >= 11 is 3.45. The Kier molecular flexibility index (Phi) is 13.9. The third kappa shape index (κ3) is 14.0. The molecule has 0 spiro atoms. The van der Waals surface area contributed by atoms with Gasteiger partial charge in [0.15, 0.2) is 0 Å². The molecule has 0 aliphatic heterocycles. The third-order valence-corrected chi connectivity index (χ3v) is 2.92. The van der Waals surface area contributed by atoms with Gasteiger partial charge in [-0.3, -0.25) is 0 Å². The highest BCUT2D eigenvalue weighted by atomic mass is 79.9. The van der Waals surface area contributed by atoms with Crippen molar-refractivity contribution < 1.29 is 0 Å². The van der Waals surface area contributed by atoms with E-state index in [1.165, 1.54) is 51.4 Å². The number of alkyl halides is 1. The van der Waals surface area contributed by atoms with Crippen LogP contribution in [-0.4, -0.2) is 5.33 Å². The molecule has 0 rings (SSSR count). The Labute approximate surface area is 104 Å². The molecule has 0 amide bonds. The third-order valence-electron chi connectivity index (χ3n) is 2.36. The summed E-state index contributed by atoms with van der Waals surface area (Å²) in [7, 11) is 0. The maximum atomic E-state index is 3.45. The first-order chi connectivity index (χ1) is 7.41. The summed E-state index contributed by atoms with van der Waals surface area (Å²) in [6.45, 7) is 2.23. The van der Waals surface area contributed by atoms with E-state index in [9.17, 15) is 0 Å². The molecule has 0 unspecified atom stereocenters. The summed E-state index contributed by atoms with van der Waals surface area (Å²) in [5, 5.41) is 1.16. The summed E-state index contributed by atoms with van der Waals surface area (Å²) in [5.41, 5.74) is 0. The molecule has 0 saturated heterocycles. The van der Waals surface area contributed by atoms with Crippen LogP contribution >= 0.6 is 15.9 Å². The number of hydrogen-bond donors (Lipinski definition) is 0. The SMILES string of the molecule is CCCC/C=C\C=C\CCCCCCBr. The molecule has 0 nitrogen and oxygen atoms in total. The van der Waals surface area contributed by atoms with Crippen LogP contribution in [0.5, 0.6) is 0 Å². The fraction of sp³-hybridized carbons (Fsp3) is 0.714. The molecule has 15 heavy (non-hydrogen) atoms. The molecule has 0 atom stereocenters. The molecular formula is C14H25Br. The van der Waals surface area contributed by atoms with E-state index in [4.69, 9.17) is 0 Å². The molecule has 1 heteroatoms. The van der Waals surface area contributed by atoms with E-state index >= 15 is 0 Å². The molecule has 0 heterocycles. The monoisotopic (exact) mass is 272 g/mol. The highest BCUT2D eigenvalue weighted by Gasteiger charge is 1.86. The molecule has 0 fully saturated rings. The number of allylic oxidation sites excluding steroid dienone is 4. The van der Waals surface area contributed by atoms with Crippen LogP contribution < -0.4 is 0 Å². The summed E-state index contributed by atoms with van der Waals surface area (Å²) in [5.74, 6) is 0. The average Bonchev–Trinajstić information content (AvgIpc) is 2.26. The van der Waals surface area contributed by atoms with Crippen LogP contribution in [0.1, 0.15) is 58.3 Å². The molecule has 0 aromatic rings. The van der Waals surface area contributed by atoms with Crippen molar-refractivity contribution in [3.63, 3.8) is 0 Å². The molecule has 0 saturated carbocycles. The van der Waals surface area contributed by atoms with Gasteiger partial charge in [0.2, 0.25) is 0 Å². The van der Waals surface area contributed by atoms with Crippen molar-refractivity contribution in [2.24, 2.45) is 0 Å². The highest BCUT2D eigenvalue weighted by Crippen LogP contribution is 2.05. The summed E-state index contributed by atoms with van der Waals surface area (Å²) in [4.78, 5) is 0. The lowest BCUT2D eigenvalue weighted by Gasteiger charge is -1.94. The van der Waals surface area contributed by atoms with Gasteiger partial charge in [0.1, 0.15) is 0 Å². The summed E-state index contributed by atoms with van der Waals surface area (Å²) in [6, 6.07) is 0. The maximum Gasteiger partial charge on any atom is 0.00313 e. The Hall–Kier alpha value is -0.0400. The van der Waals surface area contributed by atoms with Gasteiger partial charge in [-0.05, 0) is 25.7 Å². The number of halogens is 1. The van der Waals surface area contributed by atoms with Crippen LogP contribution in [0.3, 0.4) is 0 Å². The van der Waals surface area contributed by atoms with Crippen LogP contribution in [0.15, 0.2) is 24.3 Å². The van der Waals surface area contributed by atoms with E-state index < -0.39 is 0 Å². The van der Waals surface area contributed by atoms with Gasteiger partial charge in [-0.1, -0.05) is 72.8 Å². The van der Waals surface area contributed by atoms with Gasteiger partial charge in [-0.15, -0.1) is 0 Å². The minimum atomic E-state index is 1.16. The van der Waals surface area contributed by atoms with Gasteiger partial charge in [0.05, 0.1) is 0 Å². The molecular weight excluding hydrogens is 248 g/mol. The van der Waals surface area contributed by atoms with Gasteiger partial charge in [-0.25, -0.2) is 0 Å². The largest absolute Gasteiger partial charge is 0.0928 e. The zero-order valence-corrected chi connectivity index (χ0v) is 11.6. The second kappa shape index (κ2) is 14.0. The maximum absolute atomic E-state index is 3.45. The number of rotatable bonds is 10. The Morgan fingerprint density at radius 3 is 2.00 bits per heavy atom. The molecule has 88 valence electrons. The van der Waals surface area contributed by atoms with E-state index in [0.717, 1.165) is 5.33 Å². The van der Waals surface area contributed by atoms with Crippen LogP contribution in [0.25, 0.3) is 0 Å². The predicted octanol–water partition coefficient (Wildman–Crippen LogP) is 5.63.